The van der Waals surface area contributed by atoms with Crippen molar-refractivity contribution in [3.8, 4) is 0 Å². The molecule has 94 valence electrons. The van der Waals surface area contributed by atoms with E-state index >= 15 is 0 Å². The van der Waals surface area contributed by atoms with Gasteiger partial charge in [0.05, 0.1) is 13.2 Å². The summed E-state index contributed by atoms with van der Waals surface area (Å²) in [7, 11) is 0. The summed E-state index contributed by atoms with van der Waals surface area (Å²) in [6.45, 7) is 2.41. The number of nitrogens with zero attached hydrogens (tertiary/aromatic N) is 2. The number of halogens is 1. The Hall–Kier alpha value is -1.59. The van der Waals surface area contributed by atoms with Gasteiger partial charge in [0.1, 0.15) is 5.52 Å². The molecule has 0 atom stereocenters. The predicted molar refractivity (Wildman–Crippen MR) is 65.7 cm³/mol. The van der Waals surface area contributed by atoms with Crippen molar-refractivity contribution in [2.75, 3.05) is 26.3 Å². The van der Waals surface area contributed by atoms with E-state index in [1.165, 1.54) is 0 Å². The van der Waals surface area contributed by atoms with Crippen LogP contribution in [0.2, 0.25) is 5.35 Å². The Balaban J connectivity index is 1.90. The van der Waals surface area contributed by atoms with Gasteiger partial charge in [-0.3, -0.25) is 4.79 Å². The Morgan fingerprint density at radius 1 is 1.33 bits per heavy atom. The minimum atomic E-state index is -0.0206. The summed E-state index contributed by atoms with van der Waals surface area (Å²) in [5.74, 6) is -0.0206. The second kappa shape index (κ2) is 4.59. The fraction of sp³-hybridized carbons (Fsp3) is 0.333. The number of rotatable bonds is 1. The second-order valence-electron chi connectivity index (χ2n) is 4.05. The third-order valence-electron chi connectivity index (χ3n) is 2.91. The van der Waals surface area contributed by atoms with Crippen LogP contribution in [0.5, 0.6) is 0 Å². The molecule has 1 aliphatic rings. The topological polar surface area (TPSA) is 55.6 Å². The van der Waals surface area contributed by atoms with Gasteiger partial charge in [0, 0.05) is 18.7 Å². The highest BCUT2D eigenvalue weighted by atomic mass is 35.5. The SMILES string of the molecule is O=C(c1ccc2nc(Cl)oc2c1)N1CCOCC1. The quantitative estimate of drug-likeness (QED) is 0.792. The van der Waals surface area contributed by atoms with Crippen molar-refractivity contribution in [1.29, 1.82) is 0 Å². The van der Waals surface area contributed by atoms with Gasteiger partial charge >= 0.3 is 0 Å². The molecular weight excluding hydrogens is 256 g/mol. The van der Waals surface area contributed by atoms with Crippen LogP contribution in [0.4, 0.5) is 0 Å². The van der Waals surface area contributed by atoms with Crippen molar-refractivity contribution in [3.05, 3.63) is 29.1 Å². The van der Waals surface area contributed by atoms with E-state index in [0.29, 0.717) is 43.0 Å². The normalized spacial score (nSPS) is 16.2. The van der Waals surface area contributed by atoms with Gasteiger partial charge in [-0.25, -0.2) is 0 Å². The smallest absolute Gasteiger partial charge is 0.293 e. The van der Waals surface area contributed by atoms with Gasteiger partial charge in [-0.2, -0.15) is 4.98 Å². The van der Waals surface area contributed by atoms with Crippen LogP contribution in [0.15, 0.2) is 22.6 Å². The van der Waals surface area contributed by atoms with Gasteiger partial charge in [-0.1, -0.05) is 0 Å². The Labute approximate surface area is 108 Å². The van der Waals surface area contributed by atoms with E-state index in [0.717, 1.165) is 0 Å². The molecule has 0 radical (unpaired) electrons. The molecule has 0 N–H and O–H groups in total. The van der Waals surface area contributed by atoms with Gasteiger partial charge in [-0.05, 0) is 29.8 Å². The zero-order chi connectivity index (χ0) is 12.5. The lowest BCUT2D eigenvalue weighted by Crippen LogP contribution is -2.40. The number of ether oxygens (including phenoxy) is 1. The summed E-state index contributed by atoms with van der Waals surface area (Å²) in [5, 5.41) is 0.0842. The van der Waals surface area contributed by atoms with Crippen molar-refractivity contribution in [1.82, 2.24) is 9.88 Å². The first-order valence-corrected chi connectivity index (χ1v) is 6.05. The number of amides is 1. The van der Waals surface area contributed by atoms with E-state index < -0.39 is 0 Å². The molecule has 1 aromatic carbocycles. The molecule has 0 spiro atoms. The molecule has 6 heteroatoms. The molecular formula is C12H11ClN2O3. The third kappa shape index (κ3) is 2.07. The number of aromatic nitrogens is 1. The van der Waals surface area contributed by atoms with E-state index in [2.05, 4.69) is 4.98 Å². The van der Waals surface area contributed by atoms with E-state index in [-0.39, 0.29) is 11.3 Å². The van der Waals surface area contributed by atoms with Crippen molar-refractivity contribution < 1.29 is 13.9 Å². The molecule has 0 saturated carbocycles. The van der Waals surface area contributed by atoms with Crippen LogP contribution in [0.3, 0.4) is 0 Å². The number of carbonyl (C=O) groups excluding carboxylic acids is 1. The molecule has 1 fully saturated rings. The maximum Gasteiger partial charge on any atom is 0.293 e. The van der Waals surface area contributed by atoms with E-state index in [1.807, 2.05) is 0 Å². The predicted octanol–water partition coefficient (Wildman–Crippen LogP) is 1.95. The lowest BCUT2D eigenvalue weighted by molar-refractivity contribution is 0.0303. The highest BCUT2D eigenvalue weighted by Crippen LogP contribution is 2.21. The highest BCUT2D eigenvalue weighted by molar-refractivity contribution is 6.28. The van der Waals surface area contributed by atoms with Crippen molar-refractivity contribution in [2.24, 2.45) is 0 Å². The lowest BCUT2D eigenvalue weighted by atomic mass is 10.1. The van der Waals surface area contributed by atoms with Crippen molar-refractivity contribution in [3.63, 3.8) is 0 Å². The molecule has 1 aliphatic heterocycles. The molecule has 3 rings (SSSR count). The van der Waals surface area contributed by atoms with Crippen LogP contribution in [0.1, 0.15) is 10.4 Å². The van der Waals surface area contributed by atoms with Crippen LogP contribution in [-0.2, 0) is 4.74 Å². The van der Waals surface area contributed by atoms with Gasteiger partial charge in [-0.15, -0.1) is 0 Å². The fourth-order valence-corrected chi connectivity index (χ4v) is 2.15. The minimum Gasteiger partial charge on any atom is -0.428 e. The molecule has 1 saturated heterocycles. The first-order valence-electron chi connectivity index (χ1n) is 5.67. The molecule has 5 nitrogen and oxygen atoms in total. The fourth-order valence-electron chi connectivity index (χ4n) is 1.98. The third-order valence-corrected chi connectivity index (χ3v) is 3.07. The summed E-state index contributed by atoms with van der Waals surface area (Å²) in [4.78, 5) is 18.0. The largest absolute Gasteiger partial charge is 0.428 e. The Morgan fingerprint density at radius 2 is 2.11 bits per heavy atom. The van der Waals surface area contributed by atoms with E-state index in [4.69, 9.17) is 20.8 Å². The standard InChI is InChI=1S/C12H11ClN2O3/c13-12-14-9-2-1-8(7-10(9)18-12)11(16)15-3-5-17-6-4-15/h1-2,7H,3-6H2. The van der Waals surface area contributed by atoms with Crippen molar-refractivity contribution >= 4 is 28.6 Å². The van der Waals surface area contributed by atoms with Gasteiger partial charge < -0.3 is 14.1 Å². The maximum atomic E-state index is 12.2. The molecule has 2 heterocycles. The molecule has 1 aromatic heterocycles. The number of fused-ring (bicyclic) bond motifs is 1. The Bertz CT molecular complexity index is 590. The average molecular weight is 267 g/mol. The number of benzene rings is 1. The number of hydrogen-bond acceptors (Lipinski definition) is 4. The molecule has 0 aliphatic carbocycles. The maximum absolute atomic E-state index is 12.2. The van der Waals surface area contributed by atoms with Gasteiger partial charge in [0.2, 0.25) is 0 Å². The first kappa shape index (κ1) is 11.5. The monoisotopic (exact) mass is 266 g/mol. The van der Waals surface area contributed by atoms with E-state index in [1.54, 1.807) is 23.1 Å². The Morgan fingerprint density at radius 3 is 2.89 bits per heavy atom. The number of morpholine rings is 1. The number of carbonyl (C=O) groups is 1. The van der Waals surface area contributed by atoms with Gasteiger partial charge in [0.15, 0.2) is 5.58 Å². The van der Waals surface area contributed by atoms with Crippen LogP contribution in [-0.4, -0.2) is 42.1 Å². The van der Waals surface area contributed by atoms with Crippen LogP contribution in [0.25, 0.3) is 11.1 Å². The zero-order valence-corrected chi connectivity index (χ0v) is 10.3. The highest BCUT2D eigenvalue weighted by Gasteiger charge is 2.19. The molecule has 0 bridgehead atoms. The second-order valence-corrected chi connectivity index (χ2v) is 4.38. The summed E-state index contributed by atoms with van der Waals surface area (Å²) in [6, 6.07) is 5.14. The van der Waals surface area contributed by atoms with Gasteiger partial charge in [0.25, 0.3) is 11.3 Å². The Kier molecular flexibility index (Phi) is 2.93. The van der Waals surface area contributed by atoms with Crippen molar-refractivity contribution in [2.45, 2.75) is 0 Å². The summed E-state index contributed by atoms with van der Waals surface area (Å²) in [6.07, 6.45) is 0. The van der Waals surface area contributed by atoms with E-state index in [9.17, 15) is 4.79 Å². The number of hydrogen-bond donors (Lipinski definition) is 0. The summed E-state index contributed by atoms with van der Waals surface area (Å²) in [5.41, 5.74) is 1.76. The lowest BCUT2D eigenvalue weighted by Gasteiger charge is -2.26. The number of oxazole rings is 1. The molecule has 0 unspecified atom stereocenters. The summed E-state index contributed by atoms with van der Waals surface area (Å²) < 4.78 is 10.4. The molecule has 1 amide bonds. The van der Waals surface area contributed by atoms with Crippen LogP contribution < -0.4 is 0 Å². The molecule has 2 aromatic rings. The van der Waals surface area contributed by atoms with Crippen LogP contribution >= 0.6 is 11.6 Å². The average Bonchev–Trinajstić information content (AvgIpc) is 2.78. The molecule has 18 heavy (non-hydrogen) atoms. The minimum absolute atomic E-state index is 0.0206. The zero-order valence-electron chi connectivity index (χ0n) is 9.56. The van der Waals surface area contributed by atoms with Crippen LogP contribution in [0, 0.1) is 0 Å². The first-order chi connectivity index (χ1) is 8.74. The summed E-state index contributed by atoms with van der Waals surface area (Å²) >= 11 is 5.67.